The van der Waals surface area contributed by atoms with E-state index in [0.29, 0.717) is 5.92 Å². The number of nitrogens with one attached hydrogen (secondary N) is 1. The van der Waals surface area contributed by atoms with Crippen LogP contribution < -0.4 is 10.1 Å². The highest BCUT2D eigenvalue weighted by molar-refractivity contribution is 5.33. The third kappa shape index (κ3) is 5.56. The van der Waals surface area contributed by atoms with Crippen LogP contribution in [0.15, 0.2) is 48.8 Å². The number of benzene rings is 1. The molecule has 0 saturated heterocycles. The first-order valence-corrected chi connectivity index (χ1v) is 7.56. The van der Waals surface area contributed by atoms with Crippen molar-refractivity contribution in [1.29, 1.82) is 0 Å². The van der Waals surface area contributed by atoms with E-state index < -0.39 is 0 Å². The molecule has 0 spiro atoms. The van der Waals surface area contributed by atoms with Crippen molar-refractivity contribution < 1.29 is 4.74 Å². The van der Waals surface area contributed by atoms with Crippen molar-refractivity contribution >= 4 is 0 Å². The maximum Gasteiger partial charge on any atom is 0.123 e. The summed E-state index contributed by atoms with van der Waals surface area (Å²) in [5.41, 5.74) is 2.39. The molecule has 21 heavy (non-hydrogen) atoms. The van der Waals surface area contributed by atoms with Crippen molar-refractivity contribution in [2.45, 2.75) is 33.4 Å². The Morgan fingerprint density at radius 1 is 1.10 bits per heavy atom. The molecular weight excluding hydrogens is 260 g/mol. The second-order valence-corrected chi connectivity index (χ2v) is 5.60. The average molecular weight is 284 g/mol. The zero-order chi connectivity index (χ0) is 14.9. The van der Waals surface area contributed by atoms with E-state index in [0.717, 1.165) is 31.9 Å². The molecule has 1 aromatic heterocycles. The first-order valence-electron chi connectivity index (χ1n) is 7.56. The van der Waals surface area contributed by atoms with Gasteiger partial charge in [0.25, 0.3) is 0 Å². The van der Waals surface area contributed by atoms with E-state index in [2.05, 4.69) is 42.3 Å². The van der Waals surface area contributed by atoms with Gasteiger partial charge in [0.1, 0.15) is 5.75 Å². The summed E-state index contributed by atoms with van der Waals surface area (Å²) in [6.07, 6.45) is 4.76. The normalized spacial score (nSPS) is 10.8. The molecule has 3 nitrogen and oxygen atoms in total. The van der Waals surface area contributed by atoms with Crippen molar-refractivity contribution in [2.75, 3.05) is 6.61 Å². The molecule has 1 heterocycles. The van der Waals surface area contributed by atoms with E-state index in [1.54, 1.807) is 6.20 Å². The van der Waals surface area contributed by atoms with Crippen LogP contribution in [0.3, 0.4) is 0 Å². The minimum Gasteiger partial charge on any atom is -0.493 e. The Labute approximate surface area is 127 Å². The molecule has 0 unspecified atom stereocenters. The van der Waals surface area contributed by atoms with Gasteiger partial charge < -0.3 is 10.1 Å². The van der Waals surface area contributed by atoms with Crippen LogP contribution in [0.4, 0.5) is 0 Å². The highest BCUT2D eigenvalue weighted by Crippen LogP contribution is 2.18. The molecule has 0 fully saturated rings. The molecule has 0 radical (unpaired) electrons. The van der Waals surface area contributed by atoms with Gasteiger partial charge in [-0.05, 0) is 30.0 Å². The van der Waals surface area contributed by atoms with Crippen molar-refractivity contribution in [3.05, 3.63) is 59.9 Å². The number of nitrogens with zero attached hydrogens (tertiary/aromatic N) is 1. The fourth-order valence-corrected chi connectivity index (χ4v) is 2.04. The molecule has 3 heteroatoms. The van der Waals surface area contributed by atoms with Crippen LogP contribution >= 0.6 is 0 Å². The lowest BCUT2D eigenvalue weighted by Crippen LogP contribution is -2.14. The molecule has 2 aromatic rings. The summed E-state index contributed by atoms with van der Waals surface area (Å²) in [6, 6.07) is 12.3. The Balaban J connectivity index is 1.84. The largest absolute Gasteiger partial charge is 0.493 e. The predicted octanol–water partition coefficient (Wildman–Crippen LogP) is 3.80. The maximum absolute atomic E-state index is 5.90. The molecule has 0 bridgehead atoms. The number of pyridine rings is 1. The zero-order valence-electron chi connectivity index (χ0n) is 12.9. The Morgan fingerprint density at radius 3 is 2.71 bits per heavy atom. The van der Waals surface area contributed by atoms with Gasteiger partial charge in [-0.1, -0.05) is 38.1 Å². The van der Waals surface area contributed by atoms with Crippen molar-refractivity contribution in [2.24, 2.45) is 5.92 Å². The molecular formula is C18H24N2O. The van der Waals surface area contributed by atoms with Crippen molar-refractivity contribution in [1.82, 2.24) is 10.3 Å². The Bertz CT molecular complexity index is 526. The highest BCUT2D eigenvalue weighted by Gasteiger charge is 2.03. The number of ether oxygens (including phenoxy) is 1. The summed E-state index contributed by atoms with van der Waals surface area (Å²) in [6.45, 7) is 6.81. The van der Waals surface area contributed by atoms with Crippen LogP contribution in [0.1, 0.15) is 31.4 Å². The fourth-order valence-electron chi connectivity index (χ4n) is 2.04. The summed E-state index contributed by atoms with van der Waals surface area (Å²) in [4.78, 5) is 4.12. The molecule has 0 aliphatic carbocycles. The van der Waals surface area contributed by atoms with Gasteiger partial charge in [0.2, 0.25) is 0 Å². The summed E-state index contributed by atoms with van der Waals surface area (Å²) in [5, 5.41) is 3.44. The van der Waals surface area contributed by atoms with Gasteiger partial charge in [0.15, 0.2) is 0 Å². The Hall–Kier alpha value is -1.87. The van der Waals surface area contributed by atoms with Gasteiger partial charge in [-0.3, -0.25) is 4.98 Å². The minimum absolute atomic E-state index is 0.667. The van der Waals surface area contributed by atoms with Crippen LogP contribution in [0.2, 0.25) is 0 Å². The topological polar surface area (TPSA) is 34.1 Å². The number of rotatable bonds is 8. The van der Waals surface area contributed by atoms with E-state index in [9.17, 15) is 0 Å². The molecule has 0 aliphatic heterocycles. The number of para-hydroxylation sites is 1. The van der Waals surface area contributed by atoms with Crippen LogP contribution in [0.25, 0.3) is 0 Å². The molecule has 2 rings (SSSR count). The average Bonchev–Trinajstić information content (AvgIpc) is 2.49. The second kappa shape index (κ2) is 8.42. The van der Waals surface area contributed by atoms with Crippen molar-refractivity contribution in [3.8, 4) is 5.75 Å². The summed E-state index contributed by atoms with van der Waals surface area (Å²) in [7, 11) is 0. The van der Waals surface area contributed by atoms with Gasteiger partial charge in [0, 0.05) is 31.0 Å². The summed E-state index contributed by atoms with van der Waals surface area (Å²) in [5.74, 6) is 1.65. The number of hydrogen-bond acceptors (Lipinski definition) is 3. The summed E-state index contributed by atoms with van der Waals surface area (Å²) < 4.78 is 5.90. The molecule has 1 N–H and O–H groups in total. The third-order valence-electron chi connectivity index (χ3n) is 3.29. The third-order valence-corrected chi connectivity index (χ3v) is 3.29. The van der Waals surface area contributed by atoms with E-state index in [-0.39, 0.29) is 0 Å². The molecule has 1 aromatic carbocycles. The lowest BCUT2D eigenvalue weighted by atomic mass is 10.1. The minimum atomic E-state index is 0.667. The van der Waals surface area contributed by atoms with Gasteiger partial charge in [-0.15, -0.1) is 0 Å². The van der Waals surface area contributed by atoms with Crippen LogP contribution in [-0.4, -0.2) is 11.6 Å². The first kappa shape index (κ1) is 15.5. The van der Waals surface area contributed by atoms with Crippen LogP contribution in [-0.2, 0) is 13.1 Å². The second-order valence-electron chi connectivity index (χ2n) is 5.60. The quantitative estimate of drug-likeness (QED) is 0.800. The maximum atomic E-state index is 5.90. The number of aromatic nitrogens is 1. The Morgan fingerprint density at radius 2 is 1.95 bits per heavy atom. The fraction of sp³-hybridized carbons (Fsp3) is 0.389. The van der Waals surface area contributed by atoms with Crippen molar-refractivity contribution in [3.63, 3.8) is 0 Å². The summed E-state index contributed by atoms with van der Waals surface area (Å²) >= 11 is 0. The standard InChI is InChI=1S/C18H24N2O/c1-15(2)9-11-21-18-8-4-3-7-17(18)14-20-13-16-6-5-10-19-12-16/h3-8,10,12,15,20H,9,11,13-14H2,1-2H3. The molecule has 0 amide bonds. The lowest BCUT2D eigenvalue weighted by Gasteiger charge is -2.13. The van der Waals surface area contributed by atoms with E-state index >= 15 is 0 Å². The monoisotopic (exact) mass is 284 g/mol. The predicted molar refractivity (Wildman–Crippen MR) is 86.2 cm³/mol. The van der Waals surface area contributed by atoms with Gasteiger partial charge >= 0.3 is 0 Å². The lowest BCUT2D eigenvalue weighted by molar-refractivity contribution is 0.286. The molecule has 112 valence electrons. The Kier molecular flexibility index (Phi) is 6.22. The first-order chi connectivity index (χ1) is 10.3. The van der Waals surface area contributed by atoms with Gasteiger partial charge in [0.05, 0.1) is 6.61 Å². The highest BCUT2D eigenvalue weighted by atomic mass is 16.5. The molecule has 0 atom stereocenters. The molecule has 0 aliphatic rings. The van der Waals surface area contributed by atoms with E-state index in [1.807, 2.05) is 24.4 Å². The smallest absolute Gasteiger partial charge is 0.123 e. The van der Waals surface area contributed by atoms with Crippen LogP contribution in [0, 0.1) is 5.92 Å². The SMILES string of the molecule is CC(C)CCOc1ccccc1CNCc1cccnc1. The number of hydrogen-bond donors (Lipinski definition) is 1. The van der Waals surface area contributed by atoms with Gasteiger partial charge in [-0.2, -0.15) is 0 Å². The zero-order valence-corrected chi connectivity index (χ0v) is 12.9. The van der Waals surface area contributed by atoms with Crippen LogP contribution in [0.5, 0.6) is 5.75 Å². The van der Waals surface area contributed by atoms with Gasteiger partial charge in [-0.25, -0.2) is 0 Å². The van der Waals surface area contributed by atoms with E-state index in [4.69, 9.17) is 4.74 Å². The van der Waals surface area contributed by atoms with E-state index in [1.165, 1.54) is 11.1 Å². The molecule has 0 saturated carbocycles.